The van der Waals surface area contributed by atoms with Crippen LogP contribution in [-0.2, 0) is 0 Å². The fourth-order valence-corrected chi connectivity index (χ4v) is 3.18. The van der Waals surface area contributed by atoms with Gasteiger partial charge in [0.1, 0.15) is 0 Å². The largest absolute Gasteiger partial charge is 0.401 e. The third-order valence-corrected chi connectivity index (χ3v) is 4.20. The Kier molecular flexibility index (Phi) is 3.40. The lowest BCUT2D eigenvalue weighted by Gasteiger charge is -2.45. The minimum atomic E-state index is -4.22. The van der Waals surface area contributed by atoms with Crippen molar-refractivity contribution in [2.75, 3.05) is 20.2 Å². The van der Waals surface area contributed by atoms with Gasteiger partial charge in [-0.25, -0.2) is 0 Å². The summed E-state index contributed by atoms with van der Waals surface area (Å²) >= 11 is 0. The highest BCUT2D eigenvalue weighted by molar-refractivity contribution is 5.04. The van der Waals surface area contributed by atoms with Gasteiger partial charge in [-0.2, -0.15) is 13.2 Å². The Balaban J connectivity index is 2.01. The van der Waals surface area contributed by atoms with Crippen LogP contribution >= 0.6 is 0 Å². The number of aliphatic hydroxyl groups excluding tert-OH is 1. The fourth-order valence-electron chi connectivity index (χ4n) is 3.18. The third kappa shape index (κ3) is 2.74. The molecule has 0 aliphatic carbocycles. The van der Waals surface area contributed by atoms with Crippen LogP contribution in [0, 0.1) is 0 Å². The summed E-state index contributed by atoms with van der Waals surface area (Å²) in [5.41, 5.74) is -0.742. The summed E-state index contributed by atoms with van der Waals surface area (Å²) in [7, 11) is 2.02. The van der Waals surface area contributed by atoms with Crippen LogP contribution in [0.15, 0.2) is 0 Å². The van der Waals surface area contributed by atoms with Gasteiger partial charge in [0.05, 0.1) is 13.2 Å². The van der Waals surface area contributed by atoms with Crippen molar-refractivity contribution < 1.29 is 18.3 Å². The van der Waals surface area contributed by atoms with E-state index in [-0.39, 0.29) is 6.61 Å². The van der Waals surface area contributed by atoms with Crippen molar-refractivity contribution in [3.05, 3.63) is 0 Å². The standard InChI is InChI=1S/C11H19F3N2O/c1-16-8-2-3-9(16)5-10(4-8,7-17)15-6-11(12,13)14/h8-9,15,17H,2-7H2,1H3. The van der Waals surface area contributed by atoms with Gasteiger partial charge in [0, 0.05) is 17.6 Å². The Morgan fingerprint density at radius 1 is 1.29 bits per heavy atom. The number of piperidine rings is 1. The summed E-state index contributed by atoms with van der Waals surface area (Å²) in [4.78, 5) is 2.24. The number of rotatable bonds is 3. The maximum absolute atomic E-state index is 12.2. The molecule has 3 nitrogen and oxygen atoms in total. The van der Waals surface area contributed by atoms with Crippen LogP contribution in [0.25, 0.3) is 0 Å². The van der Waals surface area contributed by atoms with Crippen LogP contribution in [0.2, 0.25) is 0 Å². The number of hydrogen-bond acceptors (Lipinski definition) is 3. The van der Waals surface area contributed by atoms with Crippen LogP contribution in [0.3, 0.4) is 0 Å². The first kappa shape index (κ1) is 13.1. The number of nitrogens with zero attached hydrogens (tertiary/aromatic N) is 1. The average Bonchev–Trinajstić information content (AvgIpc) is 2.51. The molecular weight excluding hydrogens is 233 g/mol. The number of nitrogens with one attached hydrogen (secondary N) is 1. The number of hydrogen-bond donors (Lipinski definition) is 2. The van der Waals surface area contributed by atoms with Gasteiger partial charge in [-0.3, -0.25) is 0 Å². The van der Waals surface area contributed by atoms with Crippen molar-refractivity contribution in [1.82, 2.24) is 10.2 Å². The van der Waals surface area contributed by atoms with E-state index < -0.39 is 18.3 Å². The van der Waals surface area contributed by atoms with Crippen molar-refractivity contribution in [3.8, 4) is 0 Å². The van der Waals surface area contributed by atoms with Crippen LogP contribution in [0.5, 0.6) is 0 Å². The Labute approximate surface area is 99.0 Å². The molecule has 6 heteroatoms. The van der Waals surface area contributed by atoms with E-state index in [0.717, 1.165) is 12.8 Å². The van der Waals surface area contributed by atoms with E-state index in [9.17, 15) is 18.3 Å². The minimum absolute atomic E-state index is 0.218. The summed E-state index contributed by atoms with van der Waals surface area (Å²) in [5, 5.41) is 12.0. The normalized spacial score (nSPS) is 38.6. The zero-order valence-electron chi connectivity index (χ0n) is 9.93. The fraction of sp³-hybridized carbons (Fsp3) is 1.00. The molecule has 0 amide bonds. The van der Waals surface area contributed by atoms with Crippen LogP contribution in [0.1, 0.15) is 25.7 Å². The highest BCUT2D eigenvalue weighted by atomic mass is 19.4. The molecular formula is C11H19F3N2O. The third-order valence-electron chi connectivity index (χ3n) is 4.20. The van der Waals surface area contributed by atoms with Gasteiger partial charge >= 0.3 is 6.18 Å². The molecule has 2 rings (SSSR count). The first-order valence-electron chi connectivity index (χ1n) is 6.00. The second-order valence-electron chi connectivity index (χ2n) is 5.37. The molecule has 2 bridgehead atoms. The zero-order valence-corrected chi connectivity index (χ0v) is 9.93. The lowest BCUT2D eigenvalue weighted by molar-refractivity contribution is -0.132. The molecule has 2 N–H and O–H groups in total. The molecule has 17 heavy (non-hydrogen) atoms. The summed E-state index contributed by atoms with van der Waals surface area (Å²) < 4.78 is 36.7. The van der Waals surface area contributed by atoms with Gasteiger partial charge < -0.3 is 15.3 Å². The lowest BCUT2D eigenvalue weighted by atomic mass is 9.83. The number of aliphatic hydroxyl groups is 1. The smallest absolute Gasteiger partial charge is 0.394 e. The quantitative estimate of drug-likeness (QED) is 0.790. The maximum Gasteiger partial charge on any atom is 0.401 e. The van der Waals surface area contributed by atoms with Gasteiger partial charge in [0.25, 0.3) is 0 Å². The monoisotopic (exact) mass is 252 g/mol. The maximum atomic E-state index is 12.2. The summed E-state index contributed by atoms with van der Waals surface area (Å²) in [6.07, 6.45) is -0.961. The molecule has 2 aliphatic heterocycles. The molecule has 2 unspecified atom stereocenters. The van der Waals surface area contributed by atoms with E-state index in [2.05, 4.69) is 10.2 Å². The molecule has 2 aliphatic rings. The van der Waals surface area contributed by atoms with E-state index in [1.54, 1.807) is 0 Å². The van der Waals surface area contributed by atoms with E-state index >= 15 is 0 Å². The van der Waals surface area contributed by atoms with E-state index in [0.29, 0.717) is 24.9 Å². The molecule has 0 aromatic rings. The molecule has 2 heterocycles. The molecule has 2 atom stereocenters. The Hall–Kier alpha value is -0.330. The predicted octanol–water partition coefficient (Wildman–Crippen LogP) is 1.13. The van der Waals surface area contributed by atoms with E-state index in [1.807, 2.05) is 7.05 Å². The van der Waals surface area contributed by atoms with Crippen molar-refractivity contribution in [2.24, 2.45) is 0 Å². The minimum Gasteiger partial charge on any atom is -0.394 e. The highest BCUT2D eigenvalue weighted by Gasteiger charge is 2.47. The van der Waals surface area contributed by atoms with Crippen LogP contribution in [-0.4, -0.2) is 54.0 Å². The molecule has 0 aromatic heterocycles. The van der Waals surface area contributed by atoms with Gasteiger partial charge in [0.2, 0.25) is 0 Å². The van der Waals surface area contributed by atoms with E-state index in [4.69, 9.17) is 0 Å². The second-order valence-corrected chi connectivity index (χ2v) is 5.37. The summed E-state index contributed by atoms with van der Waals surface area (Å²) in [6.45, 7) is -1.24. The molecule has 100 valence electrons. The molecule has 0 aromatic carbocycles. The van der Waals surface area contributed by atoms with Crippen molar-refractivity contribution in [3.63, 3.8) is 0 Å². The van der Waals surface area contributed by atoms with Gasteiger partial charge in [0.15, 0.2) is 0 Å². The van der Waals surface area contributed by atoms with Crippen molar-refractivity contribution >= 4 is 0 Å². The molecule has 0 saturated carbocycles. The van der Waals surface area contributed by atoms with Gasteiger partial charge in [-0.15, -0.1) is 0 Å². The SMILES string of the molecule is CN1C2CCC1CC(CO)(NCC(F)(F)F)C2. The highest BCUT2D eigenvalue weighted by Crippen LogP contribution is 2.39. The lowest BCUT2D eigenvalue weighted by Crippen LogP contribution is -2.60. The number of fused-ring (bicyclic) bond motifs is 2. The molecule has 0 spiro atoms. The van der Waals surface area contributed by atoms with Crippen molar-refractivity contribution in [2.45, 2.75) is 49.5 Å². The molecule has 2 fully saturated rings. The second kappa shape index (κ2) is 4.40. The van der Waals surface area contributed by atoms with Crippen LogP contribution < -0.4 is 5.32 Å². The van der Waals surface area contributed by atoms with Crippen LogP contribution in [0.4, 0.5) is 13.2 Å². The van der Waals surface area contributed by atoms with Gasteiger partial charge in [-0.1, -0.05) is 0 Å². The molecule has 0 radical (unpaired) electrons. The summed E-state index contributed by atoms with van der Waals surface area (Å²) in [6, 6.07) is 0.614. The Bertz CT molecular complexity index is 268. The predicted molar refractivity (Wildman–Crippen MR) is 57.7 cm³/mol. The number of alkyl halides is 3. The van der Waals surface area contributed by atoms with E-state index in [1.165, 1.54) is 0 Å². The molecule has 2 saturated heterocycles. The first-order valence-corrected chi connectivity index (χ1v) is 6.00. The topological polar surface area (TPSA) is 35.5 Å². The van der Waals surface area contributed by atoms with Gasteiger partial charge in [-0.05, 0) is 32.7 Å². The average molecular weight is 252 g/mol. The first-order chi connectivity index (χ1) is 7.85. The Morgan fingerprint density at radius 2 is 1.82 bits per heavy atom. The number of halogens is 3. The Morgan fingerprint density at radius 3 is 2.24 bits per heavy atom. The zero-order chi connectivity index (χ0) is 12.7. The summed E-state index contributed by atoms with van der Waals surface area (Å²) in [5.74, 6) is 0. The van der Waals surface area contributed by atoms with Crippen molar-refractivity contribution in [1.29, 1.82) is 0 Å².